The maximum Gasteiger partial charge on any atom is 0.326 e. The molecular weight excluding hydrogens is 176 g/mol. The first-order valence-corrected chi connectivity index (χ1v) is 4.78. The zero-order valence-corrected chi connectivity index (χ0v) is 8.36. The van der Waals surface area contributed by atoms with Crippen LogP contribution in [0, 0.1) is 0 Å². The number of alkyl halides is 1. The Bertz CT molecular complexity index is 166. The van der Waals surface area contributed by atoms with Crippen LogP contribution in [-0.2, 0) is 9.53 Å². The third kappa shape index (κ3) is 2.67. The predicted octanol–water partition coefficient (Wildman–Crippen LogP) is 2.49. The Morgan fingerprint density at radius 1 is 1.42 bits per heavy atom. The van der Waals surface area contributed by atoms with E-state index in [1.54, 1.807) is 13.8 Å². The molecule has 0 spiro atoms. The molecule has 1 fully saturated rings. The molecule has 0 aromatic rings. The number of halogens is 1. The molecule has 70 valence electrons. The molecule has 0 aromatic heterocycles. The highest BCUT2D eigenvalue weighted by Crippen LogP contribution is 2.24. The van der Waals surface area contributed by atoms with Gasteiger partial charge in [-0.05, 0) is 39.5 Å². The molecule has 1 rings (SSSR count). The lowest BCUT2D eigenvalue weighted by molar-refractivity contribution is -0.151. The topological polar surface area (TPSA) is 26.3 Å². The molecule has 1 saturated carbocycles. The lowest BCUT2D eigenvalue weighted by Gasteiger charge is -2.18. The van der Waals surface area contributed by atoms with Crippen LogP contribution in [0.4, 0.5) is 0 Å². The Labute approximate surface area is 78.2 Å². The fourth-order valence-corrected chi connectivity index (χ4v) is 1.34. The van der Waals surface area contributed by atoms with E-state index >= 15 is 0 Å². The summed E-state index contributed by atoms with van der Waals surface area (Å²) in [5.41, 5.74) is 0. The number of esters is 1. The summed E-state index contributed by atoms with van der Waals surface area (Å²) in [6.45, 7) is 3.32. The van der Waals surface area contributed by atoms with Gasteiger partial charge in [0.15, 0.2) is 0 Å². The molecule has 0 radical (unpaired) electrons. The Morgan fingerprint density at radius 2 is 1.92 bits per heavy atom. The maximum absolute atomic E-state index is 11.3. The minimum Gasteiger partial charge on any atom is -0.461 e. The second kappa shape index (κ2) is 3.65. The number of carbonyl (C=O) groups excluding carboxylic acids is 1. The molecule has 0 N–H and O–H groups in total. The number of hydrogen-bond donors (Lipinski definition) is 0. The van der Waals surface area contributed by atoms with Gasteiger partial charge < -0.3 is 4.74 Å². The number of ether oxygens (including phenoxy) is 1. The van der Waals surface area contributed by atoms with Gasteiger partial charge in [-0.2, -0.15) is 0 Å². The van der Waals surface area contributed by atoms with E-state index in [4.69, 9.17) is 16.3 Å². The summed E-state index contributed by atoms with van der Waals surface area (Å²) >= 11 is 5.79. The van der Waals surface area contributed by atoms with E-state index in [0.29, 0.717) is 0 Å². The monoisotopic (exact) mass is 190 g/mol. The van der Waals surface area contributed by atoms with Gasteiger partial charge in [-0.15, -0.1) is 11.6 Å². The van der Waals surface area contributed by atoms with Crippen LogP contribution in [-0.4, -0.2) is 16.9 Å². The summed E-state index contributed by atoms with van der Waals surface area (Å²) in [4.78, 5) is 10.4. The van der Waals surface area contributed by atoms with Gasteiger partial charge in [-0.25, -0.2) is 0 Å². The van der Waals surface area contributed by atoms with Crippen LogP contribution in [0.15, 0.2) is 0 Å². The van der Waals surface area contributed by atoms with Crippen molar-refractivity contribution in [2.75, 3.05) is 0 Å². The molecule has 0 saturated heterocycles. The van der Waals surface area contributed by atoms with Crippen molar-refractivity contribution in [3.05, 3.63) is 0 Å². The number of carbonyl (C=O) groups is 1. The van der Waals surface area contributed by atoms with E-state index < -0.39 is 4.87 Å². The molecule has 1 aliphatic rings. The molecule has 0 amide bonds. The summed E-state index contributed by atoms with van der Waals surface area (Å²) < 4.78 is 5.20. The van der Waals surface area contributed by atoms with Gasteiger partial charge in [-0.3, -0.25) is 4.79 Å². The standard InChI is InChI=1S/C9H15ClO2/c1-9(2,10)8(11)12-7-5-3-4-6-7/h7H,3-6H2,1-2H3. The van der Waals surface area contributed by atoms with Crippen LogP contribution in [0.25, 0.3) is 0 Å². The zero-order valence-electron chi connectivity index (χ0n) is 7.60. The van der Waals surface area contributed by atoms with Crippen molar-refractivity contribution in [3.63, 3.8) is 0 Å². The maximum atomic E-state index is 11.3. The second-order valence-corrected chi connectivity index (χ2v) is 4.73. The first kappa shape index (κ1) is 9.85. The van der Waals surface area contributed by atoms with Gasteiger partial charge in [0.25, 0.3) is 0 Å². The van der Waals surface area contributed by atoms with Crippen LogP contribution < -0.4 is 0 Å². The van der Waals surface area contributed by atoms with Gasteiger partial charge >= 0.3 is 5.97 Å². The predicted molar refractivity (Wildman–Crippen MR) is 48.3 cm³/mol. The average Bonchev–Trinajstić information content (AvgIpc) is 2.37. The van der Waals surface area contributed by atoms with E-state index in [0.717, 1.165) is 12.8 Å². The lowest BCUT2D eigenvalue weighted by atomic mass is 10.2. The highest BCUT2D eigenvalue weighted by atomic mass is 35.5. The van der Waals surface area contributed by atoms with Gasteiger partial charge in [-0.1, -0.05) is 0 Å². The van der Waals surface area contributed by atoms with Crippen LogP contribution >= 0.6 is 11.6 Å². The van der Waals surface area contributed by atoms with E-state index in [1.165, 1.54) is 12.8 Å². The summed E-state index contributed by atoms with van der Waals surface area (Å²) in [6, 6.07) is 0. The summed E-state index contributed by atoms with van der Waals surface area (Å²) in [7, 11) is 0. The van der Waals surface area contributed by atoms with Crippen molar-refractivity contribution in [1.29, 1.82) is 0 Å². The van der Waals surface area contributed by atoms with Gasteiger partial charge in [0.1, 0.15) is 11.0 Å². The largest absolute Gasteiger partial charge is 0.461 e. The molecule has 3 heteroatoms. The van der Waals surface area contributed by atoms with Gasteiger partial charge in [0.05, 0.1) is 0 Å². The fraction of sp³-hybridized carbons (Fsp3) is 0.889. The molecule has 1 aliphatic carbocycles. The second-order valence-electron chi connectivity index (χ2n) is 3.78. The van der Waals surface area contributed by atoms with Crippen LogP contribution in [0.1, 0.15) is 39.5 Å². The molecule has 12 heavy (non-hydrogen) atoms. The lowest BCUT2D eigenvalue weighted by Crippen LogP contribution is -2.30. The van der Waals surface area contributed by atoms with Gasteiger partial charge in [0.2, 0.25) is 0 Å². The third-order valence-electron chi connectivity index (χ3n) is 2.06. The van der Waals surface area contributed by atoms with Crippen molar-refractivity contribution in [3.8, 4) is 0 Å². The highest BCUT2D eigenvalue weighted by Gasteiger charge is 2.29. The van der Waals surface area contributed by atoms with Crippen LogP contribution in [0.5, 0.6) is 0 Å². The zero-order chi connectivity index (χ0) is 9.19. The smallest absolute Gasteiger partial charge is 0.326 e. The Hall–Kier alpha value is -0.240. The summed E-state index contributed by atoms with van der Waals surface area (Å²) in [6.07, 6.45) is 4.45. The minimum atomic E-state index is -0.872. The average molecular weight is 191 g/mol. The van der Waals surface area contributed by atoms with E-state index in [2.05, 4.69) is 0 Å². The molecular formula is C9H15ClO2. The van der Waals surface area contributed by atoms with Crippen molar-refractivity contribution >= 4 is 17.6 Å². The molecule has 0 aliphatic heterocycles. The minimum absolute atomic E-state index is 0.121. The highest BCUT2D eigenvalue weighted by molar-refractivity contribution is 6.33. The summed E-state index contributed by atoms with van der Waals surface area (Å²) in [5.74, 6) is -0.295. The molecule has 0 aromatic carbocycles. The first-order valence-electron chi connectivity index (χ1n) is 4.40. The molecule has 0 bridgehead atoms. The number of hydrogen-bond acceptors (Lipinski definition) is 2. The molecule has 0 heterocycles. The molecule has 2 nitrogen and oxygen atoms in total. The van der Waals surface area contributed by atoms with Crippen LogP contribution in [0.3, 0.4) is 0 Å². The van der Waals surface area contributed by atoms with E-state index in [1.807, 2.05) is 0 Å². The summed E-state index contributed by atoms with van der Waals surface area (Å²) in [5, 5.41) is 0. The van der Waals surface area contributed by atoms with Crippen LogP contribution in [0.2, 0.25) is 0 Å². The molecule has 0 unspecified atom stereocenters. The van der Waals surface area contributed by atoms with Gasteiger partial charge in [0, 0.05) is 0 Å². The van der Waals surface area contributed by atoms with E-state index in [-0.39, 0.29) is 12.1 Å². The Balaban J connectivity index is 2.35. The quantitative estimate of drug-likeness (QED) is 0.494. The third-order valence-corrected chi connectivity index (χ3v) is 2.22. The SMILES string of the molecule is CC(C)(Cl)C(=O)OC1CCCC1. The van der Waals surface area contributed by atoms with Crippen molar-refractivity contribution in [2.45, 2.75) is 50.5 Å². The fourth-order valence-electron chi connectivity index (χ4n) is 1.30. The Morgan fingerprint density at radius 3 is 2.33 bits per heavy atom. The molecule has 0 atom stereocenters. The van der Waals surface area contributed by atoms with E-state index in [9.17, 15) is 4.79 Å². The van der Waals surface area contributed by atoms with Crippen molar-refractivity contribution in [2.24, 2.45) is 0 Å². The Kier molecular flexibility index (Phi) is 2.99. The van der Waals surface area contributed by atoms with Crippen molar-refractivity contribution in [1.82, 2.24) is 0 Å². The normalized spacial score (nSPS) is 19.6. The van der Waals surface area contributed by atoms with Crippen molar-refractivity contribution < 1.29 is 9.53 Å². The number of rotatable bonds is 2. The first-order chi connectivity index (χ1) is 5.50.